The van der Waals surface area contributed by atoms with Gasteiger partial charge in [-0.3, -0.25) is 9.11 Å². The number of esters is 1. The second-order valence-corrected chi connectivity index (χ2v) is 11.8. The molecule has 36 heavy (non-hydrogen) atoms. The molecule has 0 spiro atoms. The van der Waals surface area contributed by atoms with Crippen molar-refractivity contribution in [3.8, 4) is 16.9 Å². The van der Waals surface area contributed by atoms with Gasteiger partial charge in [-0.25, -0.2) is 23.2 Å². The summed E-state index contributed by atoms with van der Waals surface area (Å²) in [6.45, 7) is 1.97. The fraction of sp³-hybridized carbons (Fsp3) is 0.208. The van der Waals surface area contributed by atoms with Gasteiger partial charge in [-0.05, 0) is 36.3 Å². The van der Waals surface area contributed by atoms with Gasteiger partial charge < -0.3 is 14.8 Å². The minimum atomic E-state index is -3.77. The zero-order valence-electron chi connectivity index (χ0n) is 20.1. The largest absolute Gasteiger partial charge is 0.497 e. The van der Waals surface area contributed by atoms with E-state index in [-0.39, 0.29) is 28.0 Å². The van der Waals surface area contributed by atoms with E-state index < -0.39 is 26.4 Å². The van der Waals surface area contributed by atoms with Crippen LogP contribution in [-0.4, -0.2) is 59.7 Å². The number of aromatic nitrogens is 2. The van der Waals surface area contributed by atoms with Crippen LogP contribution in [0.4, 0.5) is 11.6 Å². The van der Waals surface area contributed by atoms with Gasteiger partial charge in [0.1, 0.15) is 5.75 Å². The lowest BCUT2D eigenvalue weighted by atomic mass is 10.1. The highest BCUT2D eigenvalue weighted by Gasteiger charge is 2.20. The summed E-state index contributed by atoms with van der Waals surface area (Å²) in [5.41, 5.74) is 1.86. The van der Waals surface area contributed by atoms with Crippen molar-refractivity contribution in [1.82, 2.24) is 9.97 Å². The number of carbonyl (C=O) groups excluding carboxylic acids is 1. The lowest BCUT2D eigenvalue weighted by Gasteiger charge is -2.27. The van der Waals surface area contributed by atoms with E-state index in [1.54, 1.807) is 43.3 Å². The number of sulfone groups is 1. The Morgan fingerprint density at radius 1 is 1.14 bits per heavy atom. The molecule has 0 radical (unpaired) electrons. The van der Waals surface area contributed by atoms with Crippen molar-refractivity contribution >= 4 is 44.1 Å². The maximum absolute atomic E-state index is 12.6. The molecule has 0 bridgehead atoms. The molecule has 1 aromatic heterocycles. The maximum atomic E-state index is 12.6. The molecular weight excluding hydrogens is 506 g/mol. The zero-order valence-corrected chi connectivity index (χ0v) is 21.8. The Bertz CT molecular complexity index is 1400. The van der Waals surface area contributed by atoms with E-state index >= 15 is 0 Å². The second kappa shape index (κ2) is 11.1. The molecule has 0 amide bonds. The van der Waals surface area contributed by atoms with Gasteiger partial charge in [-0.15, -0.1) is 0 Å². The average molecular weight is 534 g/mol. The van der Waals surface area contributed by atoms with Gasteiger partial charge in [0.2, 0.25) is 5.95 Å². The molecule has 0 aliphatic heterocycles. The molecule has 0 aliphatic rings. The molecule has 192 valence electrons. The van der Waals surface area contributed by atoms with E-state index in [4.69, 9.17) is 9.47 Å². The second-order valence-electron chi connectivity index (χ2n) is 7.75. The number of rotatable bonds is 9. The highest BCUT2D eigenvalue weighted by molar-refractivity contribution is 8.23. The minimum absolute atomic E-state index is 0.00989. The molecule has 2 aromatic carbocycles. The van der Waals surface area contributed by atoms with Crippen LogP contribution in [0.3, 0.4) is 0 Å². The van der Waals surface area contributed by atoms with Gasteiger partial charge in [-0.2, -0.15) is 10.6 Å². The third-order valence-electron chi connectivity index (χ3n) is 4.82. The molecule has 3 N–H and O–H groups in total. The first kappa shape index (κ1) is 27.1. The van der Waals surface area contributed by atoms with Crippen LogP contribution in [0.1, 0.15) is 12.5 Å². The van der Waals surface area contributed by atoms with Crippen molar-refractivity contribution < 1.29 is 31.8 Å². The molecule has 0 unspecified atom stereocenters. The van der Waals surface area contributed by atoms with Crippen molar-refractivity contribution in [2.24, 2.45) is 0 Å². The molecular formula is C24H27N3O7S2. The minimum Gasteiger partial charge on any atom is -0.497 e. The van der Waals surface area contributed by atoms with Crippen LogP contribution < -0.4 is 10.1 Å². The van der Waals surface area contributed by atoms with Crippen LogP contribution >= 0.6 is 10.6 Å². The first-order valence-corrected chi connectivity index (χ1v) is 14.5. The summed E-state index contributed by atoms with van der Waals surface area (Å²) in [7, 11) is -5.37. The molecule has 3 aromatic rings. The van der Waals surface area contributed by atoms with E-state index in [1.165, 1.54) is 37.8 Å². The predicted octanol–water partition coefficient (Wildman–Crippen LogP) is 4.61. The number of carbonyl (C=O) groups is 1. The third-order valence-corrected chi connectivity index (χ3v) is 6.96. The van der Waals surface area contributed by atoms with Crippen LogP contribution in [0.25, 0.3) is 17.2 Å². The van der Waals surface area contributed by atoms with Crippen LogP contribution in [0.2, 0.25) is 0 Å². The number of hydrogen-bond acceptors (Lipinski definition) is 10. The Balaban J connectivity index is 2.00. The van der Waals surface area contributed by atoms with Crippen molar-refractivity contribution in [3.63, 3.8) is 0 Å². The summed E-state index contributed by atoms with van der Waals surface area (Å²) < 4.78 is 55.4. The predicted molar refractivity (Wildman–Crippen MR) is 140 cm³/mol. The first-order chi connectivity index (χ1) is 16.9. The summed E-state index contributed by atoms with van der Waals surface area (Å²) in [6.07, 6.45) is 6.57. The summed E-state index contributed by atoms with van der Waals surface area (Å²) in [4.78, 5) is 20.3. The summed E-state index contributed by atoms with van der Waals surface area (Å²) in [5, 5.41) is 2.70. The van der Waals surface area contributed by atoms with Crippen LogP contribution in [-0.2, 0) is 19.4 Å². The maximum Gasteiger partial charge on any atom is 0.330 e. The van der Waals surface area contributed by atoms with Crippen molar-refractivity contribution in [3.05, 3.63) is 60.3 Å². The van der Waals surface area contributed by atoms with E-state index in [1.807, 2.05) is 0 Å². The van der Waals surface area contributed by atoms with Gasteiger partial charge >= 0.3 is 5.97 Å². The monoisotopic (exact) mass is 533 g/mol. The van der Waals surface area contributed by atoms with Crippen molar-refractivity contribution in [1.29, 1.82) is 0 Å². The Hall–Kier alpha value is -3.45. The molecule has 1 heterocycles. The quantitative estimate of drug-likeness (QED) is 0.202. The first-order valence-electron chi connectivity index (χ1n) is 10.6. The number of hydrogen-bond donors (Lipinski definition) is 3. The Kier molecular flexibility index (Phi) is 8.35. The molecule has 12 heteroatoms. The van der Waals surface area contributed by atoms with Crippen LogP contribution in [0.15, 0.2) is 64.7 Å². The fourth-order valence-electron chi connectivity index (χ4n) is 3.19. The number of anilines is 2. The van der Waals surface area contributed by atoms with Gasteiger partial charge in [0, 0.05) is 48.2 Å². The third kappa shape index (κ3) is 7.04. The molecule has 10 nitrogen and oxygen atoms in total. The van der Waals surface area contributed by atoms with E-state index in [2.05, 4.69) is 15.3 Å². The molecule has 3 rings (SSSR count). The number of benzene rings is 2. The molecule has 0 saturated heterocycles. The van der Waals surface area contributed by atoms with Crippen molar-refractivity contribution in [2.45, 2.75) is 16.8 Å². The molecule has 0 fully saturated rings. The number of methoxy groups -OCH3 is 1. The van der Waals surface area contributed by atoms with E-state index in [0.29, 0.717) is 22.6 Å². The normalized spacial score (nSPS) is 12.4. The Labute approximate surface area is 211 Å². The number of nitrogens with zero attached hydrogens (tertiary/aromatic N) is 2. The smallest absolute Gasteiger partial charge is 0.330 e. The summed E-state index contributed by atoms with van der Waals surface area (Å²) in [5.74, 6) is -0.128. The molecule has 0 aliphatic carbocycles. The van der Waals surface area contributed by atoms with E-state index in [9.17, 15) is 22.3 Å². The standard InChI is InChI=1S/C24H27N3O7S2/c1-5-34-22(28)10-9-16-7-6-8-17(11-16)21-15-25-24(27-23(21)36(4,31)32)26-18-12-19(33-2)14-20(13-18)35(3,29)30/h6-15,29-30H,5H2,1-4H3,(H,25,26,27). The zero-order chi connectivity index (χ0) is 26.5. The van der Waals surface area contributed by atoms with Crippen LogP contribution in [0, 0.1) is 0 Å². The van der Waals surface area contributed by atoms with Gasteiger partial charge in [-0.1, -0.05) is 18.2 Å². The molecule has 0 saturated carbocycles. The lowest BCUT2D eigenvalue weighted by Crippen LogP contribution is -2.08. The Morgan fingerprint density at radius 2 is 1.89 bits per heavy atom. The fourth-order valence-corrected chi connectivity index (χ4v) is 4.70. The highest BCUT2D eigenvalue weighted by atomic mass is 32.3. The topological polar surface area (TPSA) is 148 Å². The van der Waals surface area contributed by atoms with Gasteiger partial charge in [0.15, 0.2) is 14.9 Å². The van der Waals surface area contributed by atoms with Gasteiger partial charge in [0.25, 0.3) is 0 Å². The number of nitrogens with one attached hydrogen (secondary N) is 1. The summed E-state index contributed by atoms with van der Waals surface area (Å²) in [6, 6.07) is 11.5. The van der Waals surface area contributed by atoms with Crippen molar-refractivity contribution in [2.75, 3.05) is 31.5 Å². The SMILES string of the molecule is CCOC(=O)C=Cc1cccc(-c2cnc(Nc3cc(OC)cc(S(C)(O)O)c3)nc2S(C)(=O)=O)c1. The highest BCUT2D eigenvalue weighted by Crippen LogP contribution is 2.46. The lowest BCUT2D eigenvalue weighted by molar-refractivity contribution is -0.137. The number of ether oxygens (including phenoxy) is 2. The molecule has 0 atom stereocenters. The average Bonchev–Trinajstić information content (AvgIpc) is 2.82. The van der Waals surface area contributed by atoms with E-state index in [0.717, 1.165) is 6.26 Å². The van der Waals surface area contributed by atoms with Gasteiger partial charge in [0.05, 0.1) is 18.6 Å². The van der Waals surface area contributed by atoms with Crippen LogP contribution in [0.5, 0.6) is 5.75 Å². The Morgan fingerprint density at radius 3 is 2.53 bits per heavy atom. The summed E-state index contributed by atoms with van der Waals surface area (Å²) >= 11 is 0.